The molecular formula is CH7F3. The van der Waals surface area contributed by atoms with Crippen LogP contribution < -0.4 is 4.70 Å². The average Bonchev–Trinajstić information content (AvgIpc) is 0. The van der Waals surface area contributed by atoms with Crippen LogP contribution in [0.2, 0.25) is 0 Å². The van der Waals surface area contributed by atoms with Gasteiger partial charge in [-0.3, -0.25) is 9.41 Å². The highest BCUT2D eigenvalue weighted by Gasteiger charge is -0.0775. The Balaban J connectivity index is 0. The van der Waals surface area contributed by atoms with E-state index in [-0.39, 0.29) is 23.0 Å². The van der Waals surface area contributed by atoms with Crippen molar-refractivity contribution in [2.45, 2.75) is 7.43 Å². The molecule has 0 atom stereocenters. The van der Waals surface area contributed by atoms with Gasteiger partial charge in [0.1, 0.15) is 0 Å². The van der Waals surface area contributed by atoms with E-state index in [0.29, 0.717) is 0 Å². The quantitative estimate of drug-likeness (QED) is 0.315. The first kappa shape index (κ1) is 669. The molecular weight excluding hydrogens is 69.0 g/mol. The van der Waals surface area contributed by atoms with Crippen molar-refractivity contribution in [1.29, 1.82) is 0 Å². The van der Waals surface area contributed by atoms with E-state index >= 15 is 0 Å². The first-order valence-electron chi connectivity index (χ1n) is 0. The molecule has 0 aliphatic heterocycles. The molecule has 0 amide bonds. The molecule has 0 aliphatic carbocycles. The predicted molar refractivity (Wildman–Crippen MR) is 12.8 cm³/mol. The van der Waals surface area contributed by atoms with Gasteiger partial charge in [-0.05, 0) is 0 Å². The Morgan fingerprint density at radius 2 is 1.00 bits per heavy atom. The molecule has 0 saturated carbocycles. The van der Waals surface area contributed by atoms with Crippen LogP contribution in [-0.2, 0) is 0 Å². The summed E-state index contributed by atoms with van der Waals surface area (Å²) in [7, 11) is 0. The smallest absolute Gasteiger partial charge is 1.00 e. The fraction of sp³-hybridized carbons (Fsp3) is 1.00. The van der Waals surface area contributed by atoms with Gasteiger partial charge < -0.3 is 4.70 Å². The van der Waals surface area contributed by atoms with Crippen LogP contribution in [0.25, 0.3) is 0 Å². The lowest BCUT2D eigenvalue weighted by atomic mass is 12.0. The van der Waals surface area contributed by atoms with Crippen LogP contribution in [0.1, 0.15) is 8.85 Å². The summed E-state index contributed by atoms with van der Waals surface area (Å²) in [5, 5.41) is 0. The molecule has 0 aromatic rings. The van der Waals surface area contributed by atoms with Crippen molar-refractivity contribution in [3.05, 3.63) is 0 Å². The van der Waals surface area contributed by atoms with Crippen molar-refractivity contribution in [3.8, 4) is 0 Å². The van der Waals surface area contributed by atoms with Crippen molar-refractivity contribution in [1.82, 2.24) is 0 Å². The number of hydrogen-bond acceptors (Lipinski definition) is 0. The number of hydrogen-bond donors (Lipinski definition) is 0. The lowest BCUT2D eigenvalue weighted by Gasteiger charge is -1.00. The van der Waals surface area contributed by atoms with Gasteiger partial charge >= 0.3 is 1.43 Å². The summed E-state index contributed by atoms with van der Waals surface area (Å²) in [4.78, 5) is 0. The van der Waals surface area contributed by atoms with Crippen molar-refractivity contribution in [3.63, 3.8) is 0 Å². The molecule has 0 fully saturated rings. The summed E-state index contributed by atoms with van der Waals surface area (Å²) in [6.45, 7) is 0. The topological polar surface area (TPSA) is 0 Å². The van der Waals surface area contributed by atoms with Crippen molar-refractivity contribution >= 4 is 0 Å². The third kappa shape index (κ3) is 25.3. The molecule has 0 unspecified atom stereocenters. The maximum atomic E-state index is 0. The Morgan fingerprint density at radius 1 is 1.00 bits per heavy atom. The van der Waals surface area contributed by atoms with E-state index in [0.717, 1.165) is 0 Å². The molecule has 0 bridgehead atoms. The normalized spacial score (nSPS) is 0. The van der Waals surface area contributed by atoms with Crippen LogP contribution in [0.15, 0.2) is 0 Å². The average molecular weight is 76.1 g/mol. The molecule has 0 saturated heterocycles. The molecule has 0 aromatic heterocycles. The van der Waals surface area contributed by atoms with Crippen LogP contribution in [0, 0.1) is 0 Å². The van der Waals surface area contributed by atoms with E-state index in [1.165, 1.54) is 0 Å². The zero-order valence-electron chi connectivity index (χ0n) is 2.19. The zero-order chi connectivity index (χ0) is 0. The summed E-state index contributed by atoms with van der Waals surface area (Å²) in [5.41, 5.74) is 0. The maximum Gasteiger partial charge on any atom is 1.00 e. The largest absolute Gasteiger partial charge is 1.00 e. The molecule has 0 spiro atoms. The van der Waals surface area contributed by atoms with E-state index in [1.54, 1.807) is 0 Å². The van der Waals surface area contributed by atoms with Crippen LogP contribution in [-0.4, -0.2) is 0 Å². The van der Waals surface area contributed by atoms with Gasteiger partial charge in [0, 0.05) is 0 Å². The SMILES string of the molecule is C.F.F.[F-].[H+]. The molecule has 32 valence electrons. The molecule has 0 heterocycles. The Bertz CT molecular complexity index is 6.85. The summed E-state index contributed by atoms with van der Waals surface area (Å²) in [5.74, 6) is 0. The molecule has 0 nitrogen and oxygen atoms in total. The van der Waals surface area contributed by atoms with Crippen LogP contribution in [0.4, 0.5) is 9.41 Å². The van der Waals surface area contributed by atoms with Crippen molar-refractivity contribution < 1.29 is 15.5 Å². The second-order valence-corrected chi connectivity index (χ2v) is 0. The minimum absolute atomic E-state index is 0. The third-order valence-electron chi connectivity index (χ3n) is 0. The summed E-state index contributed by atoms with van der Waals surface area (Å²) in [6, 6.07) is 0. The fourth-order valence-corrected chi connectivity index (χ4v) is 0. The van der Waals surface area contributed by atoms with Gasteiger partial charge in [-0.2, -0.15) is 0 Å². The molecule has 0 aromatic carbocycles. The summed E-state index contributed by atoms with van der Waals surface area (Å²) >= 11 is 0. The van der Waals surface area contributed by atoms with Crippen LogP contribution in [0.5, 0.6) is 0 Å². The molecule has 0 N–H and O–H groups in total. The van der Waals surface area contributed by atoms with E-state index < -0.39 is 0 Å². The number of rotatable bonds is 0. The highest BCUT2D eigenvalue weighted by Crippen LogP contribution is 0.421. The number of halogens is 3. The lowest BCUT2D eigenvalue weighted by molar-refractivity contribution is -0.00000220. The van der Waals surface area contributed by atoms with Gasteiger partial charge in [0.15, 0.2) is 0 Å². The highest BCUT2D eigenvalue weighted by molar-refractivity contribution is 2.50. The minimum Gasteiger partial charge on any atom is -1.00 e. The first-order valence-corrected chi connectivity index (χ1v) is 0. The molecule has 3 heteroatoms. The van der Waals surface area contributed by atoms with Gasteiger partial charge in [-0.15, -0.1) is 0 Å². The van der Waals surface area contributed by atoms with Crippen molar-refractivity contribution in [2.75, 3.05) is 0 Å². The molecule has 0 radical (unpaired) electrons. The third-order valence-corrected chi connectivity index (χ3v) is 0. The Labute approximate surface area is 24.4 Å². The fourth-order valence-electron chi connectivity index (χ4n) is 0. The summed E-state index contributed by atoms with van der Waals surface area (Å²) in [6.07, 6.45) is 0. The van der Waals surface area contributed by atoms with Crippen molar-refractivity contribution in [2.24, 2.45) is 0 Å². The Kier molecular flexibility index (Phi) is 33900. The summed E-state index contributed by atoms with van der Waals surface area (Å²) < 4.78 is 0. The lowest BCUT2D eigenvalue weighted by Crippen LogP contribution is -3.00. The molecule has 4 heavy (non-hydrogen) atoms. The first-order chi connectivity index (χ1) is 0. The second-order valence-electron chi connectivity index (χ2n) is 0. The maximum absolute atomic E-state index is 0. The van der Waals surface area contributed by atoms with Gasteiger partial charge in [0.25, 0.3) is 0 Å². The van der Waals surface area contributed by atoms with Crippen LogP contribution >= 0.6 is 0 Å². The molecule has 0 rings (SSSR count). The monoisotopic (exact) mass is 76.0 g/mol. The highest BCUT2D eigenvalue weighted by atomic mass is 19.0. The minimum atomic E-state index is 0. The van der Waals surface area contributed by atoms with E-state index in [4.69, 9.17) is 0 Å². The van der Waals surface area contributed by atoms with E-state index in [9.17, 15) is 0 Å². The zero-order valence-corrected chi connectivity index (χ0v) is 1.19. The van der Waals surface area contributed by atoms with Gasteiger partial charge in [-0.1, -0.05) is 7.43 Å². The molecule has 0 aliphatic rings. The van der Waals surface area contributed by atoms with Crippen LogP contribution in [0.3, 0.4) is 0 Å². The van der Waals surface area contributed by atoms with Gasteiger partial charge in [0.2, 0.25) is 0 Å². The Morgan fingerprint density at radius 3 is 1.00 bits per heavy atom. The van der Waals surface area contributed by atoms with Gasteiger partial charge in [0.05, 0.1) is 0 Å². The van der Waals surface area contributed by atoms with E-state index in [2.05, 4.69) is 0 Å². The van der Waals surface area contributed by atoms with Gasteiger partial charge in [-0.25, -0.2) is 0 Å². The van der Waals surface area contributed by atoms with E-state index in [1.807, 2.05) is 0 Å². The Hall–Kier alpha value is -0.210. The standard InChI is InChI=1S/CH4.3FH/h1H4;3*1H. The second kappa shape index (κ2) is 203. The predicted octanol–water partition coefficient (Wildman–Crippen LogP) is -1.94.